The summed E-state index contributed by atoms with van der Waals surface area (Å²) in [6.45, 7) is 2.26. The van der Waals surface area contributed by atoms with Gasteiger partial charge in [-0.15, -0.1) is 0 Å². The van der Waals surface area contributed by atoms with Gasteiger partial charge in [0.2, 0.25) is 0 Å². The van der Waals surface area contributed by atoms with E-state index in [1.54, 1.807) is 18.5 Å². The Labute approximate surface area is 233 Å². The summed E-state index contributed by atoms with van der Waals surface area (Å²) < 4.78 is 11.4. The average molecular weight is 543 g/mol. The Kier molecular flexibility index (Phi) is 16.2. The first-order chi connectivity index (χ1) is 19.0. The van der Waals surface area contributed by atoms with Crippen LogP contribution in [0.3, 0.4) is 0 Å². The number of carbonyl (C=O) groups is 2. The number of rotatable bonds is 23. The molecule has 3 N–H and O–H groups in total. The first kappa shape index (κ1) is 31.9. The fraction of sp³-hybridized carbons (Fsp3) is 0.581. The van der Waals surface area contributed by atoms with E-state index in [-0.39, 0.29) is 23.8 Å². The van der Waals surface area contributed by atoms with E-state index in [9.17, 15) is 19.8 Å². The van der Waals surface area contributed by atoms with Crippen LogP contribution in [0.5, 0.6) is 11.5 Å². The van der Waals surface area contributed by atoms with Crippen LogP contribution in [-0.4, -0.2) is 40.0 Å². The fourth-order valence-corrected chi connectivity index (χ4v) is 4.46. The summed E-state index contributed by atoms with van der Waals surface area (Å²) in [6, 6.07) is 7.83. The van der Waals surface area contributed by atoms with E-state index in [2.05, 4.69) is 17.2 Å². The van der Waals surface area contributed by atoms with Crippen molar-refractivity contribution >= 4 is 17.6 Å². The van der Waals surface area contributed by atoms with Crippen LogP contribution >= 0.6 is 0 Å². The standard InChI is InChI=1S/C31H46N2O6/c1-2-3-4-5-6-7-8-9-10-11-12-13-14-15-18-28(31(36)37)39-26-19-20-27(30(34)35)29(22-26)38-24-33-25-17-16-21-32-23-25/h16-17,19-23,28,33H,2-15,18,24H2,1H3,(H,34,35)(H,36,37). The van der Waals surface area contributed by atoms with Crippen LogP contribution in [0.2, 0.25) is 0 Å². The van der Waals surface area contributed by atoms with Gasteiger partial charge in [-0.1, -0.05) is 90.4 Å². The number of carboxylic acids is 2. The number of anilines is 1. The molecule has 8 heteroatoms. The Hall–Kier alpha value is -3.29. The molecular weight excluding hydrogens is 496 g/mol. The van der Waals surface area contributed by atoms with E-state index >= 15 is 0 Å². The maximum Gasteiger partial charge on any atom is 0.344 e. The molecule has 0 aliphatic carbocycles. The van der Waals surface area contributed by atoms with Gasteiger partial charge in [0, 0.05) is 12.3 Å². The third-order valence-corrected chi connectivity index (χ3v) is 6.72. The molecule has 0 spiro atoms. The van der Waals surface area contributed by atoms with Crippen molar-refractivity contribution in [2.45, 2.75) is 109 Å². The third kappa shape index (κ3) is 13.9. The summed E-state index contributed by atoms with van der Waals surface area (Å²) in [7, 11) is 0. The third-order valence-electron chi connectivity index (χ3n) is 6.72. The number of carboxylic acid groups (broad SMARTS) is 2. The highest BCUT2D eigenvalue weighted by Crippen LogP contribution is 2.27. The minimum absolute atomic E-state index is 0.0107. The largest absolute Gasteiger partial charge is 0.479 e. The van der Waals surface area contributed by atoms with Crippen molar-refractivity contribution < 1.29 is 29.3 Å². The van der Waals surface area contributed by atoms with Gasteiger partial charge in [-0.05, 0) is 37.1 Å². The summed E-state index contributed by atoms with van der Waals surface area (Å²) in [6.07, 6.45) is 20.0. The Bertz CT molecular complexity index is 953. The lowest BCUT2D eigenvalue weighted by Crippen LogP contribution is -2.27. The minimum atomic E-state index is -1.14. The number of hydrogen-bond donors (Lipinski definition) is 3. The molecule has 39 heavy (non-hydrogen) atoms. The van der Waals surface area contributed by atoms with Gasteiger partial charge in [-0.3, -0.25) is 4.98 Å². The van der Waals surface area contributed by atoms with Crippen LogP contribution in [0.1, 0.15) is 114 Å². The number of benzene rings is 1. The van der Waals surface area contributed by atoms with E-state index in [1.165, 1.54) is 88.8 Å². The number of ether oxygens (including phenoxy) is 2. The van der Waals surface area contributed by atoms with Crippen molar-refractivity contribution in [2.75, 3.05) is 12.0 Å². The smallest absolute Gasteiger partial charge is 0.344 e. The van der Waals surface area contributed by atoms with Crippen LogP contribution < -0.4 is 14.8 Å². The number of nitrogens with zero attached hydrogens (tertiary/aromatic N) is 1. The van der Waals surface area contributed by atoms with Gasteiger partial charge in [0.1, 0.15) is 17.1 Å². The van der Waals surface area contributed by atoms with Crippen molar-refractivity contribution in [3.8, 4) is 11.5 Å². The number of unbranched alkanes of at least 4 members (excludes halogenated alkanes) is 13. The fourth-order valence-electron chi connectivity index (χ4n) is 4.46. The summed E-state index contributed by atoms with van der Waals surface area (Å²) >= 11 is 0. The monoisotopic (exact) mass is 542 g/mol. The minimum Gasteiger partial charge on any atom is -0.479 e. The number of pyridine rings is 1. The molecule has 8 nitrogen and oxygen atoms in total. The molecule has 0 saturated heterocycles. The average Bonchev–Trinajstić information content (AvgIpc) is 2.93. The highest BCUT2D eigenvalue weighted by atomic mass is 16.5. The molecular formula is C31H46N2O6. The summed E-state index contributed by atoms with van der Waals surface area (Å²) in [5.41, 5.74) is 0.690. The van der Waals surface area contributed by atoms with Gasteiger partial charge >= 0.3 is 11.9 Å². The molecule has 1 atom stereocenters. The molecule has 0 radical (unpaired) electrons. The topological polar surface area (TPSA) is 118 Å². The maximum atomic E-state index is 11.8. The molecule has 1 unspecified atom stereocenters. The Morgan fingerprint density at radius 2 is 1.49 bits per heavy atom. The van der Waals surface area contributed by atoms with Crippen LogP contribution in [-0.2, 0) is 4.79 Å². The van der Waals surface area contributed by atoms with E-state index in [0.717, 1.165) is 24.9 Å². The number of aromatic carboxylic acids is 1. The quantitative estimate of drug-likeness (QED) is 0.0957. The molecule has 0 fully saturated rings. The van der Waals surface area contributed by atoms with Crippen molar-refractivity contribution in [3.63, 3.8) is 0 Å². The van der Waals surface area contributed by atoms with E-state index in [1.807, 2.05) is 6.07 Å². The Balaban J connectivity index is 1.68. The molecule has 0 amide bonds. The number of aromatic nitrogens is 1. The van der Waals surface area contributed by atoms with Gasteiger partial charge in [0.05, 0.1) is 11.9 Å². The lowest BCUT2D eigenvalue weighted by Gasteiger charge is -2.17. The number of hydrogen-bond acceptors (Lipinski definition) is 6. The molecule has 2 aromatic rings. The predicted octanol–water partition coefficient (Wildman–Crippen LogP) is 7.93. The molecule has 216 valence electrons. The Morgan fingerprint density at radius 1 is 0.872 bits per heavy atom. The molecule has 0 aliphatic heterocycles. The zero-order valence-electron chi connectivity index (χ0n) is 23.4. The van der Waals surface area contributed by atoms with Crippen molar-refractivity contribution in [2.24, 2.45) is 0 Å². The van der Waals surface area contributed by atoms with Gasteiger partial charge < -0.3 is 25.0 Å². The number of nitrogens with one attached hydrogen (secondary N) is 1. The molecule has 0 bridgehead atoms. The summed E-state index contributed by atoms with van der Waals surface area (Å²) in [5.74, 6) is -1.82. The van der Waals surface area contributed by atoms with E-state index in [4.69, 9.17) is 9.47 Å². The summed E-state index contributed by atoms with van der Waals surface area (Å²) in [4.78, 5) is 27.4. The molecule has 0 aliphatic rings. The van der Waals surface area contributed by atoms with Crippen LogP contribution in [0.4, 0.5) is 5.69 Å². The second-order valence-corrected chi connectivity index (χ2v) is 10.00. The zero-order valence-corrected chi connectivity index (χ0v) is 23.4. The van der Waals surface area contributed by atoms with Gasteiger partial charge in [-0.2, -0.15) is 0 Å². The van der Waals surface area contributed by atoms with Crippen molar-refractivity contribution in [1.82, 2.24) is 4.98 Å². The van der Waals surface area contributed by atoms with Gasteiger partial charge in [0.15, 0.2) is 12.8 Å². The SMILES string of the molecule is CCCCCCCCCCCCCCCCC(Oc1ccc(C(=O)O)c(OCNc2cccnc2)c1)C(=O)O. The van der Waals surface area contributed by atoms with Crippen molar-refractivity contribution in [3.05, 3.63) is 48.3 Å². The normalized spacial score (nSPS) is 11.6. The van der Waals surface area contributed by atoms with Crippen LogP contribution in [0.25, 0.3) is 0 Å². The van der Waals surface area contributed by atoms with Gasteiger partial charge in [-0.25, -0.2) is 9.59 Å². The highest BCUT2D eigenvalue weighted by molar-refractivity contribution is 5.91. The number of aliphatic carboxylic acids is 1. The van der Waals surface area contributed by atoms with Gasteiger partial charge in [0.25, 0.3) is 0 Å². The first-order valence-corrected chi connectivity index (χ1v) is 14.5. The lowest BCUT2D eigenvalue weighted by atomic mass is 10.0. The second-order valence-electron chi connectivity index (χ2n) is 10.00. The molecule has 1 heterocycles. The van der Waals surface area contributed by atoms with Crippen LogP contribution in [0.15, 0.2) is 42.7 Å². The second kappa shape index (κ2) is 19.7. The highest BCUT2D eigenvalue weighted by Gasteiger charge is 2.21. The predicted molar refractivity (Wildman–Crippen MR) is 154 cm³/mol. The van der Waals surface area contributed by atoms with Crippen LogP contribution in [0, 0.1) is 0 Å². The Morgan fingerprint density at radius 3 is 2.03 bits per heavy atom. The molecule has 0 saturated carbocycles. The zero-order chi connectivity index (χ0) is 28.1. The first-order valence-electron chi connectivity index (χ1n) is 14.5. The van der Waals surface area contributed by atoms with Crippen molar-refractivity contribution in [1.29, 1.82) is 0 Å². The van der Waals surface area contributed by atoms with E-state index in [0.29, 0.717) is 6.42 Å². The molecule has 1 aromatic carbocycles. The molecule has 2 rings (SSSR count). The maximum absolute atomic E-state index is 11.8. The summed E-state index contributed by atoms with van der Waals surface area (Å²) in [5, 5.41) is 22.1. The van der Waals surface area contributed by atoms with E-state index < -0.39 is 18.0 Å². The lowest BCUT2D eigenvalue weighted by molar-refractivity contribution is -0.145. The molecule has 1 aromatic heterocycles.